The van der Waals surface area contributed by atoms with Crippen molar-refractivity contribution in [1.29, 1.82) is 0 Å². The maximum Gasteiger partial charge on any atom is 0.240 e. The number of fused-ring (bicyclic) bond motifs is 1. The monoisotopic (exact) mass is 354 g/mol. The lowest BCUT2D eigenvalue weighted by Crippen LogP contribution is -2.38. The minimum atomic E-state index is -3.82. The van der Waals surface area contributed by atoms with Crippen LogP contribution in [0.3, 0.4) is 0 Å². The second-order valence-electron chi connectivity index (χ2n) is 5.41. The van der Waals surface area contributed by atoms with E-state index in [0.29, 0.717) is 0 Å². The first-order chi connectivity index (χ1) is 11.0. The van der Waals surface area contributed by atoms with Gasteiger partial charge in [-0.1, -0.05) is 35.9 Å². The third-order valence-electron chi connectivity index (χ3n) is 3.84. The van der Waals surface area contributed by atoms with Gasteiger partial charge in [0.25, 0.3) is 0 Å². The maximum atomic E-state index is 13.4. The first-order valence-corrected chi connectivity index (χ1v) is 9.09. The molecule has 2 aromatic carbocycles. The molecule has 0 spiro atoms. The Balaban J connectivity index is 1.78. The SMILES string of the molecule is O=S(=O)(NCC1NCCc2ccccc21)c1cc(F)cc(Cl)c1. The van der Waals surface area contributed by atoms with E-state index >= 15 is 0 Å². The standard InChI is InChI=1S/C16H16ClFN2O2S/c17-12-7-13(18)9-14(8-12)23(21,22)20-10-16-15-4-2-1-3-11(15)5-6-19-16/h1-4,7-9,16,19-20H,5-6,10H2. The summed E-state index contributed by atoms with van der Waals surface area (Å²) in [5.41, 5.74) is 2.29. The van der Waals surface area contributed by atoms with Gasteiger partial charge in [0.1, 0.15) is 5.82 Å². The van der Waals surface area contributed by atoms with Crippen LogP contribution in [0.5, 0.6) is 0 Å². The van der Waals surface area contributed by atoms with Crippen molar-refractivity contribution in [3.63, 3.8) is 0 Å². The number of halogens is 2. The van der Waals surface area contributed by atoms with Gasteiger partial charge in [0.05, 0.1) is 4.90 Å². The first kappa shape index (κ1) is 16.4. The van der Waals surface area contributed by atoms with E-state index in [1.165, 1.54) is 11.6 Å². The zero-order valence-electron chi connectivity index (χ0n) is 12.2. The summed E-state index contributed by atoms with van der Waals surface area (Å²) in [5, 5.41) is 3.34. The normalized spacial score (nSPS) is 17.7. The molecule has 122 valence electrons. The fraction of sp³-hybridized carbons (Fsp3) is 0.250. The van der Waals surface area contributed by atoms with Crippen LogP contribution in [0, 0.1) is 5.82 Å². The van der Waals surface area contributed by atoms with Gasteiger partial charge >= 0.3 is 0 Å². The lowest BCUT2D eigenvalue weighted by atomic mass is 9.95. The molecule has 1 atom stereocenters. The molecule has 1 aliphatic heterocycles. The lowest BCUT2D eigenvalue weighted by molar-refractivity contribution is 0.491. The van der Waals surface area contributed by atoms with E-state index < -0.39 is 15.8 Å². The highest BCUT2D eigenvalue weighted by atomic mass is 35.5. The van der Waals surface area contributed by atoms with Gasteiger partial charge in [0, 0.05) is 17.6 Å². The van der Waals surface area contributed by atoms with Crippen LogP contribution in [0.2, 0.25) is 5.02 Å². The van der Waals surface area contributed by atoms with Crippen molar-refractivity contribution in [1.82, 2.24) is 10.0 Å². The summed E-state index contributed by atoms with van der Waals surface area (Å²) in [4.78, 5) is -0.174. The van der Waals surface area contributed by atoms with E-state index in [0.717, 1.165) is 30.7 Å². The number of hydrogen-bond acceptors (Lipinski definition) is 3. The van der Waals surface area contributed by atoms with Crippen LogP contribution in [0.1, 0.15) is 17.2 Å². The molecular weight excluding hydrogens is 339 g/mol. The average molecular weight is 355 g/mol. The summed E-state index contributed by atoms with van der Waals surface area (Å²) in [7, 11) is -3.82. The molecule has 1 aliphatic rings. The van der Waals surface area contributed by atoms with Gasteiger partial charge < -0.3 is 5.32 Å². The number of nitrogens with one attached hydrogen (secondary N) is 2. The molecule has 0 fully saturated rings. The van der Waals surface area contributed by atoms with Gasteiger partial charge in [-0.15, -0.1) is 0 Å². The molecule has 0 radical (unpaired) electrons. The van der Waals surface area contributed by atoms with Crippen molar-refractivity contribution in [3.8, 4) is 0 Å². The zero-order chi connectivity index (χ0) is 16.4. The summed E-state index contributed by atoms with van der Waals surface area (Å²) in [5.74, 6) is -0.681. The molecule has 2 aromatic rings. The predicted octanol–water partition coefficient (Wildman–Crippen LogP) is 2.64. The van der Waals surface area contributed by atoms with Gasteiger partial charge in [-0.05, 0) is 42.3 Å². The Labute approximate surface area is 139 Å². The summed E-state index contributed by atoms with van der Waals surface area (Å²) in [6.07, 6.45) is 0.916. The fourth-order valence-electron chi connectivity index (χ4n) is 2.74. The lowest BCUT2D eigenvalue weighted by Gasteiger charge is -2.27. The van der Waals surface area contributed by atoms with E-state index in [2.05, 4.69) is 10.0 Å². The highest BCUT2D eigenvalue weighted by Crippen LogP contribution is 2.23. The summed E-state index contributed by atoms with van der Waals surface area (Å²) >= 11 is 5.73. The summed E-state index contributed by atoms with van der Waals surface area (Å²) in [6, 6.07) is 11.1. The Kier molecular flexibility index (Phi) is 4.68. The van der Waals surface area contributed by atoms with Crippen molar-refractivity contribution >= 4 is 21.6 Å². The molecule has 7 heteroatoms. The van der Waals surface area contributed by atoms with Crippen LogP contribution >= 0.6 is 11.6 Å². The quantitative estimate of drug-likeness (QED) is 0.887. The largest absolute Gasteiger partial charge is 0.308 e. The topological polar surface area (TPSA) is 58.2 Å². The minimum absolute atomic E-state index is 0.0477. The Hall–Kier alpha value is -1.47. The van der Waals surface area contributed by atoms with Crippen molar-refractivity contribution in [3.05, 3.63) is 64.4 Å². The molecule has 0 amide bonds. The number of rotatable bonds is 4. The number of hydrogen-bond donors (Lipinski definition) is 2. The van der Waals surface area contributed by atoms with E-state index in [1.807, 2.05) is 24.3 Å². The van der Waals surface area contributed by atoms with Gasteiger partial charge in [0.2, 0.25) is 10.0 Å². The van der Waals surface area contributed by atoms with Crippen molar-refractivity contribution < 1.29 is 12.8 Å². The molecule has 0 bridgehead atoms. The second-order valence-corrected chi connectivity index (χ2v) is 7.62. The molecule has 1 heterocycles. The summed E-state index contributed by atoms with van der Waals surface area (Å²) < 4.78 is 40.5. The summed E-state index contributed by atoms with van der Waals surface area (Å²) in [6.45, 7) is 0.975. The van der Waals surface area contributed by atoms with Gasteiger partial charge in [-0.25, -0.2) is 17.5 Å². The third-order valence-corrected chi connectivity index (χ3v) is 5.46. The molecule has 4 nitrogen and oxygen atoms in total. The molecule has 1 unspecified atom stereocenters. The van der Waals surface area contributed by atoms with Crippen LogP contribution in [-0.4, -0.2) is 21.5 Å². The number of sulfonamides is 1. The Morgan fingerprint density at radius 1 is 1.26 bits per heavy atom. The molecule has 2 N–H and O–H groups in total. The van der Waals surface area contributed by atoms with Crippen molar-refractivity contribution in [2.45, 2.75) is 17.4 Å². The smallest absolute Gasteiger partial charge is 0.240 e. The van der Waals surface area contributed by atoms with Crippen LogP contribution in [-0.2, 0) is 16.4 Å². The van der Waals surface area contributed by atoms with E-state index in [9.17, 15) is 12.8 Å². The van der Waals surface area contributed by atoms with Crippen LogP contribution in [0.15, 0.2) is 47.4 Å². The molecule has 0 aromatic heterocycles. The molecule has 23 heavy (non-hydrogen) atoms. The van der Waals surface area contributed by atoms with Crippen molar-refractivity contribution in [2.24, 2.45) is 0 Å². The molecular formula is C16H16ClFN2O2S. The maximum absolute atomic E-state index is 13.4. The van der Waals surface area contributed by atoms with Gasteiger partial charge in [0.15, 0.2) is 0 Å². The fourth-order valence-corrected chi connectivity index (χ4v) is 4.12. The number of benzene rings is 2. The van der Waals surface area contributed by atoms with Crippen LogP contribution in [0.25, 0.3) is 0 Å². The molecule has 0 saturated heterocycles. The highest BCUT2D eigenvalue weighted by Gasteiger charge is 2.22. The highest BCUT2D eigenvalue weighted by molar-refractivity contribution is 7.89. The zero-order valence-corrected chi connectivity index (χ0v) is 13.8. The Bertz CT molecular complexity index is 806. The van der Waals surface area contributed by atoms with E-state index in [4.69, 9.17) is 11.6 Å². The van der Waals surface area contributed by atoms with Gasteiger partial charge in [-0.2, -0.15) is 0 Å². The van der Waals surface area contributed by atoms with E-state index in [-0.39, 0.29) is 22.5 Å². The molecule has 0 saturated carbocycles. The van der Waals surface area contributed by atoms with Gasteiger partial charge in [-0.3, -0.25) is 0 Å². The average Bonchev–Trinajstić information content (AvgIpc) is 2.52. The second kappa shape index (κ2) is 6.57. The van der Waals surface area contributed by atoms with Crippen molar-refractivity contribution in [2.75, 3.05) is 13.1 Å². The first-order valence-electron chi connectivity index (χ1n) is 7.23. The minimum Gasteiger partial charge on any atom is -0.308 e. The Morgan fingerprint density at radius 3 is 2.83 bits per heavy atom. The molecule has 0 aliphatic carbocycles. The molecule has 3 rings (SSSR count). The predicted molar refractivity (Wildman–Crippen MR) is 87.5 cm³/mol. The van der Waals surface area contributed by atoms with E-state index in [1.54, 1.807) is 0 Å². The third kappa shape index (κ3) is 3.72. The Morgan fingerprint density at radius 2 is 2.04 bits per heavy atom. The van der Waals surface area contributed by atoms with Crippen LogP contribution in [0.4, 0.5) is 4.39 Å². The van der Waals surface area contributed by atoms with Crippen LogP contribution < -0.4 is 10.0 Å².